The summed E-state index contributed by atoms with van der Waals surface area (Å²) in [5.74, 6) is 1.71. The van der Waals surface area contributed by atoms with E-state index in [0.717, 1.165) is 0 Å². The summed E-state index contributed by atoms with van der Waals surface area (Å²) in [5.41, 5.74) is -0.384. The van der Waals surface area contributed by atoms with Gasteiger partial charge in [0.25, 0.3) is 5.88 Å². The molecule has 2 aromatic rings. The van der Waals surface area contributed by atoms with E-state index < -0.39 is 0 Å². The molecule has 0 amide bonds. The van der Waals surface area contributed by atoms with Crippen LogP contribution in [0.2, 0.25) is 0 Å². The molecule has 2 heterocycles. The summed E-state index contributed by atoms with van der Waals surface area (Å²) in [6, 6.07) is 5.05. The molecule has 6 nitrogen and oxygen atoms in total. The molecule has 86 valence electrons. The Morgan fingerprint density at radius 1 is 1.29 bits per heavy atom. The van der Waals surface area contributed by atoms with Crippen molar-refractivity contribution in [3.8, 4) is 23.1 Å². The van der Waals surface area contributed by atoms with Crippen molar-refractivity contribution in [2.24, 2.45) is 0 Å². The maximum absolute atomic E-state index is 11.4. The van der Waals surface area contributed by atoms with Crippen LogP contribution in [0.3, 0.4) is 0 Å². The van der Waals surface area contributed by atoms with Gasteiger partial charge in [-0.25, -0.2) is 4.98 Å². The molecule has 1 aromatic heterocycles. The maximum Gasteiger partial charge on any atom is 0.311 e. The molecule has 0 unspecified atom stereocenters. The molecule has 3 rings (SSSR count). The quantitative estimate of drug-likeness (QED) is 0.844. The molecule has 6 heteroatoms. The lowest BCUT2D eigenvalue weighted by atomic mass is 10.3. The molecule has 17 heavy (non-hydrogen) atoms. The second kappa shape index (κ2) is 3.82. The highest BCUT2D eigenvalue weighted by atomic mass is 16.7. The lowest BCUT2D eigenvalue weighted by molar-refractivity contribution is 0.174. The van der Waals surface area contributed by atoms with Gasteiger partial charge in [-0.05, 0) is 12.1 Å². The smallest absolute Gasteiger partial charge is 0.311 e. The lowest BCUT2D eigenvalue weighted by Gasteiger charge is -2.03. The Kier molecular flexibility index (Phi) is 2.18. The van der Waals surface area contributed by atoms with Crippen molar-refractivity contribution in [2.45, 2.75) is 0 Å². The largest absolute Gasteiger partial charge is 0.454 e. The van der Waals surface area contributed by atoms with Crippen LogP contribution in [0.1, 0.15) is 0 Å². The SMILES string of the molecule is O=c1[nH]ccnc1Oc1ccc2c(c1)OCO2. The number of ether oxygens (including phenoxy) is 3. The molecular formula is C11H8N2O4. The zero-order valence-electron chi connectivity index (χ0n) is 8.67. The number of benzene rings is 1. The van der Waals surface area contributed by atoms with Crippen molar-refractivity contribution < 1.29 is 14.2 Å². The molecule has 0 saturated carbocycles. The summed E-state index contributed by atoms with van der Waals surface area (Å²) in [7, 11) is 0. The van der Waals surface area contributed by atoms with Gasteiger partial charge in [0.05, 0.1) is 0 Å². The van der Waals surface area contributed by atoms with Crippen LogP contribution in [0, 0.1) is 0 Å². The summed E-state index contributed by atoms with van der Waals surface area (Å²) in [5, 5.41) is 0. The van der Waals surface area contributed by atoms with E-state index in [-0.39, 0.29) is 18.2 Å². The average Bonchev–Trinajstić information content (AvgIpc) is 2.79. The first kappa shape index (κ1) is 9.71. The standard InChI is InChI=1S/C11H8N2O4/c14-10-11(13-4-3-12-10)17-7-1-2-8-9(5-7)16-6-15-8/h1-5H,6H2,(H,12,14). The third kappa shape index (κ3) is 1.80. The lowest BCUT2D eigenvalue weighted by Crippen LogP contribution is -2.09. The normalized spacial score (nSPS) is 12.5. The monoisotopic (exact) mass is 232 g/mol. The summed E-state index contributed by atoms with van der Waals surface area (Å²) in [6.07, 6.45) is 2.89. The van der Waals surface area contributed by atoms with Gasteiger partial charge in [0.1, 0.15) is 5.75 Å². The predicted octanol–water partition coefficient (Wildman–Crippen LogP) is 1.29. The average molecular weight is 232 g/mol. The van der Waals surface area contributed by atoms with E-state index in [9.17, 15) is 4.79 Å². The Labute approximate surface area is 95.8 Å². The molecule has 0 radical (unpaired) electrons. The number of nitrogens with zero attached hydrogens (tertiary/aromatic N) is 1. The number of H-pyrrole nitrogens is 1. The van der Waals surface area contributed by atoms with Crippen molar-refractivity contribution in [1.29, 1.82) is 0 Å². The molecule has 0 aliphatic carbocycles. The van der Waals surface area contributed by atoms with Gasteiger partial charge in [0.15, 0.2) is 11.5 Å². The summed E-state index contributed by atoms with van der Waals surface area (Å²) in [6.45, 7) is 0.197. The number of hydrogen-bond acceptors (Lipinski definition) is 5. The van der Waals surface area contributed by atoms with E-state index in [1.165, 1.54) is 12.4 Å². The fourth-order valence-corrected chi connectivity index (χ4v) is 1.46. The van der Waals surface area contributed by atoms with Crippen LogP contribution in [0.15, 0.2) is 35.4 Å². The number of hydrogen-bond donors (Lipinski definition) is 1. The number of aromatic nitrogens is 2. The minimum atomic E-state index is -0.384. The van der Waals surface area contributed by atoms with Crippen molar-refractivity contribution in [2.75, 3.05) is 6.79 Å². The summed E-state index contributed by atoms with van der Waals surface area (Å²) in [4.78, 5) is 17.7. The van der Waals surface area contributed by atoms with E-state index in [1.807, 2.05) is 0 Å². The topological polar surface area (TPSA) is 73.4 Å². The first-order chi connectivity index (χ1) is 8.33. The van der Waals surface area contributed by atoms with Crippen LogP contribution in [0.25, 0.3) is 0 Å². The van der Waals surface area contributed by atoms with Gasteiger partial charge in [0, 0.05) is 18.5 Å². The summed E-state index contributed by atoms with van der Waals surface area (Å²) < 4.78 is 15.7. The van der Waals surface area contributed by atoms with Gasteiger partial charge in [-0.3, -0.25) is 4.79 Å². The second-order valence-corrected chi connectivity index (χ2v) is 3.34. The molecule has 0 saturated heterocycles. The zero-order valence-corrected chi connectivity index (χ0v) is 8.67. The Balaban J connectivity index is 1.91. The fourth-order valence-electron chi connectivity index (χ4n) is 1.46. The molecular weight excluding hydrogens is 224 g/mol. The molecule has 1 aliphatic heterocycles. The van der Waals surface area contributed by atoms with Crippen molar-refractivity contribution in [1.82, 2.24) is 9.97 Å². The van der Waals surface area contributed by atoms with E-state index >= 15 is 0 Å². The number of fused-ring (bicyclic) bond motifs is 1. The van der Waals surface area contributed by atoms with Crippen LogP contribution in [0.4, 0.5) is 0 Å². The number of nitrogens with one attached hydrogen (secondary N) is 1. The van der Waals surface area contributed by atoms with E-state index in [2.05, 4.69) is 9.97 Å². The molecule has 0 atom stereocenters. The first-order valence-corrected chi connectivity index (χ1v) is 4.94. The molecule has 0 bridgehead atoms. The third-order valence-electron chi connectivity index (χ3n) is 2.23. The molecule has 1 N–H and O–H groups in total. The van der Waals surface area contributed by atoms with Gasteiger partial charge in [-0.1, -0.05) is 0 Å². The minimum absolute atomic E-state index is 0.00800. The Morgan fingerprint density at radius 3 is 3.06 bits per heavy atom. The van der Waals surface area contributed by atoms with E-state index in [0.29, 0.717) is 17.2 Å². The maximum atomic E-state index is 11.4. The van der Waals surface area contributed by atoms with Crippen LogP contribution in [-0.2, 0) is 0 Å². The van der Waals surface area contributed by atoms with Crippen LogP contribution >= 0.6 is 0 Å². The zero-order chi connectivity index (χ0) is 11.7. The molecule has 1 aromatic carbocycles. The van der Waals surface area contributed by atoms with Gasteiger partial charge < -0.3 is 19.2 Å². The van der Waals surface area contributed by atoms with Gasteiger partial charge >= 0.3 is 5.56 Å². The fraction of sp³-hybridized carbons (Fsp3) is 0.0909. The third-order valence-corrected chi connectivity index (χ3v) is 2.23. The Hall–Kier alpha value is -2.50. The highest BCUT2D eigenvalue weighted by molar-refractivity contribution is 5.47. The predicted molar refractivity (Wildman–Crippen MR) is 57.5 cm³/mol. The van der Waals surface area contributed by atoms with Crippen molar-refractivity contribution in [3.05, 3.63) is 40.9 Å². The van der Waals surface area contributed by atoms with Crippen LogP contribution in [0.5, 0.6) is 23.1 Å². The van der Waals surface area contributed by atoms with Crippen LogP contribution in [-0.4, -0.2) is 16.8 Å². The number of rotatable bonds is 2. The Morgan fingerprint density at radius 2 is 2.18 bits per heavy atom. The summed E-state index contributed by atoms with van der Waals surface area (Å²) >= 11 is 0. The highest BCUT2D eigenvalue weighted by Crippen LogP contribution is 2.35. The number of aromatic amines is 1. The molecule has 0 spiro atoms. The first-order valence-electron chi connectivity index (χ1n) is 4.94. The van der Waals surface area contributed by atoms with E-state index in [1.54, 1.807) is 18.2 Å². The molecule has 0 fully saturated rings. The van der Waals surface area contributed by atoms with Crippen molar-refractivity contribution in [3.63, 3.8) is 0 Å². The van der Waals surface area contributed by atoms with Gasteiger partial charge in [-0.15, -0.1) is 0 Å². The second-order valence-electron chi connectivity index (χ2n) is 3.34. The van der Waals surface area contributed by atoms with Crippen molar-refractivity contribution >= 4 is 0 Å². The highest BCUT2D eigenvalue weighted by Gasteiger charge is 2.14. The van der Waals surface area contributed by atoms with Gasteiger partial charge in [-0.2, -0.15) is 0 Å². The van der Waals surface area contributed by atoms with Gasteiger partial charge in [0.2, 0.25) is 6.79 Å². The minimum Gasteiger partial charge on any atom is -0.454 e. The molecule has 1 aliphatic rings. The van der Waals surface area contributed by atoms with E-state index in [4.69, 9.17) is 14.2 Å². The Bertz CT molecular complexity index is 608. The van der Waals surface area contributed by atoms with Crippen LogP contribution < -0.4 is 19.8 Å².